The predicted octanol–water partition coefficient (Wildman–Crippen LogP) is 3.96. The molecule has 0 bridgehead atoms. The number of nitrogens with one attached hydrogen (secondary N) is 2. The Labute approximate surface area is 164 Å². The number of anilines is 2. The highest BCUT2D eigenvalue weighted by Gasteiger charge is 2.10. The van der Waals surface area contributed by atoms with Gasteiger partial charge < -0.3 is 20.2 Å². The number of aromatic carboxylic acids is 1. The van der Waals surface area contributed by atoms with Crippen LogP contribution in [0, 0.1) is 0 Å². The molecule has 3 aromatic rings. The van der Waals surface area contributed by atoms with Crippen LogP contribution in [0.1, 0.15) is 20.9 Å². The van der Waals surface area contributed by atoms with E-state index in [0.717, 1.165) is 4.90 Å². The van der Waals surface area contributed by atoms with E-state index in [1.165, 1.54) is 42.3 Å². The second-order valence-corrected chi connectivity index (χ2v) is 6.73. The molecule has 0 atom stereocenters. The third-order valence-corrected chi connectivity index (χ3v) is 4.62. The fourth-order valence-corrected chi connectivity index (χ4v) is 3.06. The van der Waals surface area contributed by atoms with Crippen LogP contribution in [0.3, 0.4) is 0 Å². The molecule has 0 aliphatic heterocycles. The number of thioether (sulfide) groups is 1. The topological polar surface area (TPSA) is 109 Å². The first-order valence-electron chi connectivity index (χ1n) is 8.22. The maximum Gasteiger partial charge on any atom is 0.335 e. The van der Waals surface area contributed by atoms with E-state index in [-0.39, 0.29) is 28.9 Å². The smallest absolute Gasteiger partial charge is 0.335 e. The Bertz CT molecular complexity index is 984. The van der Waals surface area contributed by atoms with Crippen molar-refractivity contribution in [3.05, 3.63) is 78.3 Å². The van der Waals surface area contributed by atoms with Crippen molar-refractivity contribution < 1.29 is 23.9 Å². The molecule has 0 aliphatic rings. The van der Waals surface area contributed by atoms with Crippen LogP contribution < -0.4 is 10.6 Å². The minimum absolute atomic E-state index is 0.154. The van der Waals surface area contributed by atoms with E-state index in [0.29, 0.717) is 11.4 Å². The van der Waals surface area contributed by atoms with E-state index in [1.54, 1.807) is 30.3 Å². The van der Waals surface area contributed by atoms with E-state index in [1.807, 2.05) is 6.07 Å². The molecule has 0 saturated carbocycles. The lowest BCUT2D eigenvalue weighted by Crippen LogP contribution is -2.14. The van der Waals surface area contributed by atoms with E-state index < -0.39 is 5.97 Å². The van der Waals surface area contributed by atoms with Gasteiger partial charge in [-0.2, -0.15) is 0 Å². The summed E-state index contributed by atoms with van der Waals surface area (Å²) in [5, 5.41) is 14.3. The van der Waals surface area contributed by atoms with Gasteiger partial charge in [0.15, 0.2) is 5.76 Å². The summed E-state index contributed by atoms with van der Waals surface area (Å²) >= 11 is 1.31. The molecule has 7 nitrogen and oxygen atoms in total. The number of amides is 2. The van der Waals surface area contributed by atoms with Crippen molar-refractivity contribution in [3.63, 3.8) is 0 Å². The Balaban J connectivity index is 1.53. The first kappa shape index (κ1) is 19.2. The zero-order valence-electron chi connectivity index (χ0n) is 14.5. The second kappa shape index (κ2) is 8.92. The number of carboxylic acid groups (broad SMARTS) is 1. The number of carboxylic acids is 1. The average molecular weight is 396 g/mol. The molecule has 3 N–H and O–H groups in total. The van der Waals surface area contributed by atoms with Gasteiger partial charge in [0.25, 0.3) is 5.91 Å². The first-order chi connectivity index (χ1) is 13.5. The second-order valence-electron chi connectivity index (χ2n) is 5.68. The maximum atomic E-state index is 12.1. The normalized spacial score (nSPS) is 10.3. The summed E-state index contributed by atoms with van der Waals surface area (Å²) in [7, 11) is 0. The zero-order valence-corrected chi connectivity index (χ0v) is 15.4. The van der Waals surface area contributed by atoms with Crippen LogP contribution in [0.25, 0.3) is 0 Å². The summed E-state index contributed by atoms with van der Waals surface area (Å²) in [4.78, 5) is 35.7. The summed E-state index contributed by atoms with van der Waals surface area (Å²) in [6.07, 6.45) is 1.43. The van der Waals surface area contributed by atoms with Crippen LogP contribution in [0.5, 0.6) is 0 Å². The number of hydrogen-bond donors (Lipinski definition) is 3. The highest BCUT2D eigenvalue weighted by molar-refractivity contribution is 8.00. The molecule has 8 heteroatoms. The molecular formula is C20H16N2O5S. The number of benzene rings is 2. The molecular weight excluding hydrogens is 380 g/mol. The fourth-order valence-electron chi connectivity index (χ4n) is 2.31. The summed E-state index contributed by atoms with van der Waals surface area (Å²) in [6, 6.07) is 16.3. The van der Waals surface area contributed by atoms with E-state index in [4.69, 9.17) is 9.52 Å². The van der Waals surface area contributed by atoms with Crippen molar-refractivity contribution in [2.45, 2.75) is 4.90 Å². The molecule has 0 aliphatic carbocycles. The van der Waals surface area contributed by atoms with Crippen molar-refractivity contribution >= 4 is 40.9 Å². The molecule has 2 aromatic carbocycles. The molecule has 0 unspecified atom stereocenters. The van der Waals surface area contributed by atoms with Gasteiger partial charge in [-0.05, 0) is 54.6 Å². The van der Waals surface area contributed by atoms with Gasteiger partial charge in [0, 0.05) is 16.3 Å². The van der Waals surface area contributed by atoms with E-state index >= 15 is 0 Å². The monoisotopic (exact) mass is 396 g/mol. The molecule has 1 heterocycles. The summed E-state index contributed by atoms with van der Waals surface area (Å²) in [5.74, 6) is -1.22. The van der Waals surface area contributed by atoms with Gasteiger partial charge in [0.2, 0.25) is 5.91 Å². The molecule has 0 fully saturated rings. The summed E-state index contributed by atoms with van der Waals surface area (Å²) in [5.41, 5.74) is 1.27. The van der Waals surface area contributed by atoms with Crippen molar-refractivity contribution in [1.82, 2.24) is 0 Å². The third kappa shape index (κ3) is 5.24. The molecule has 28 heavy (non-hydrogen) atoms. The fraction of sp³-hybridized carbons (Fsp3) is 0.0500. The van der Waals surface area contributed by atoms with E-state index in [9.17, 15) is 14.4 Å². The molecule has 3 rings (SSSR count). The van der Waals surface area contributed by atoms with Crippen molar-refractivity contribution in [3.8, 4) is 0 Å². The van der Waals surface area contributed by atoms with Crippen molar-refractivity contribution in [2.24, 2.45) is 0 Å². The predicted molar refractivity (Wildman–Crippen MR) is 106 cm³/mol. The standard InChI is InChI=1S/C20H16N2O5S/c23-18(21-14-8-6-13(7-9-14)20(25)26)12-28-16-4-1-3-15(11-16)22-19(24)17-5-2-10-27-17/h1-11H,12H2,(H,21,23)(H,22,24)(H,25,26). The Morgan fingerprint density at radius 2 is 1.71 bits per heavy atom. The number of rotatable bonds is 7. The van der Waals surface area contributed by atoms with Gasteiger partial charge in [-0.3, -0.25) is 9.59 Å². The molecule has 1 aromatic heterocycles. The Kier molecular flexibility index (Phi) is 6.13. The lowest BCUT2D eigenvalue weighted by molar-refractivity contribution is -0.113. The van der Waals surface area contributed by atoms with E-state index in [2.05, 4.69) is 10.6 Å². The van der Waals surface area contributed by atoms with Crippen LogP contribution in [-0.4, -0.2) is 28.6 Å². The molecule has 0 saturated heterocycles. The number of hydrogen-bond acceptors (Lipinski definition) is 5. The highest BCUT2D eigenvalue weighted by Crippen LogP contribution is 2.22. The van der Waals surface area contributed by atoms with Gasteiger partial charge in [-0.25, -0.2) is 4.79 Å². The van der Waals surface area contributed by atoms with Gasteiger partial charge in [0.1, 0.15) is 0 Å². The van der Waals surface area contributed by atoms with Crippen LogP contribution in [0.15, 0.2) is 76.2 Å². The zero-order chi connectivity index (χ0) is 19.9. The van der Waals surface area contributed by atoms with Crippen LogP contribution in [0.2, 0.25) is 0 Å². The number of furan rings is 1. The summed E-state index contributed by atoms with van der Waals surface area (Å²) in [6.45, 7) is 0. The lowest BCUT2D eigenvalue weighted by Gasteiger charge is -2.07. The molecule has 0 spiro atoms. The number of carbonyl (C=O) groups is 3. The Morgan fingerprint density at radius 1 is 0.929 bits per heavy atom. The number of carbonyl (C=O) groups excluding carboxylic acids is 2. The third-order valence-electron chi connectivity index (χ3n) is 3.62. The van der Waals surface area contributed by atoms with Crippen LogP contribution in [-0.2, 0) is 4.79 Å². The Morgan fingerprint density at radius 3 is 2.39 bits per heavy atom. The van der Waals surface area contributed by atoms with Gasteiger partial charge >= 0.3 is 5.97 Å². The average Bonchev–Trinajstić information content (AvgIpc) is 3.22. The van der Waals surface area contributed by atoms with Gasteiger partial charge in [-0.15, -0.1) is 11.8 Å². The van der Waals surface area contributed by atoms with Gasteiger partial charge in [-0.1, -0.05) is 6.07 Å². The quantitative estimate of drug-likeness (QED) is 0.522. The van der Waals surface area contributed by atoms with Gasteiger partial charge in [0.05, 0.1) is 17.6 Å². The SMILES string of the molecule is O=C(CSc1cccc(NC(=O)c2ccco2)c1)Nc1ccc(C(=O)O)cc1. The maximum absolute atomic E-state index is 12.1. The lowest BCUT2D eigenvalue weighted by atomic mass is 10.2. The molecule has 2 amide bonds. The molecule has 0 radical (unpaired) electrons. The minimum Gasteiger partial charge on any atom is -0.478 e. The van der Waals surface area contributed by atoms with Crippen LogP contribution >= 0.6 is 11.8 Å². The first-order valence-corrected chi connectivity index (χ1v) is 9.21. The van der Waals surface area contributed by atoms with Crippen LogP contribution in [0.4, 0.5) is 11.4 Å². The molecule has 142 valence electrons. The van der Waals surface area contributed by atoms with Crippen molar-refractivity contribution in [2.75, 3.05) is 16.4 Å². The van der Waals surface area contributed by atoms with Crippen molar-refractivity contribution in [1.29, 1.82) is 0 Å². The largest absolute Gasteiger partial charge is 0.478 e. The minimum atomic E-state index is -1.02. The highest BCUT2D eigenvalue weighted by atomic mass is 32.2. The Hall–Kier alpha value is -3.52. The summed E-state index contributed by atoms with van der Waals surface area (Å²) < 4.78 is 5.05.